The topological polar surface area (TPSA) is 33.1 Å². The third-order valence-electron chi connectivity index (χ3n) is 3.92. The molecule has 0 bridgehead atoms. The van der Waals surface area contributed by atoms with E-state index in [-0.39, 0.29) is 5.92 Å². The molecule has 0 fully saturated rings. The first-order valence-corrected chi connectivity index (χ1v) is 6.72. The van der Waals surface area contributed by atoms with E-state index in [0.717, 1.165) is 11.6 Å². The summed E-state index contributed by atoms with van der Waals surface area (Å²) in [5.74, 6) is -1.73. The summed E-state index contributed by atoms with van der Waals surface area (Å²) >= 11 is 0. The van der Waals surface area contributed by atoms with Gasteiger partial charge in [0.15, 0.2) is 11.6 Å². The van der Waals surface area contributed by atoms with Crippen LogP contribution in [0.15, 0.2) is 36.5 Å². The van der Waals surface area contributed by atoms with Crippen molar-refractivity contribution < 1.29 is 13.9 Å². The Hall–Kier alpha value is -1.81. The zero-order valence-electron chi connectivity index (χ0n) is 10.9. The smallest absolute Gasteiger partial charge is 0.162 e. The van der Waals surface area contributed by atoms with E-state index < -0.39 is 17.7 Å². The molecule has 0 saturated carbocycles. The highest BCUT2D eigenvalue weighted by Crippen LogP contribution is 2.36. The number of halogens is 2. The van der Waals surface area contributed by atoms with Crippen LogP contribution in [0.2, 0.25) is 0 Å². The van der Waals surface area contributed by atoms with Crippen molar-refractivity contribution in [2.75, 3.05) is 0 Å². The van der Waals surface area contributed by atoms with E-state index in [4.69, 9.17) is 0 Å². The molecule has 0 radical (unpaired) electrons. The third-order valence-corrected chi connectivity index (χ3v) is 3.92. The highest BCUT2D eigenvalue weighted by atomic mass is 19.2. The van der Waals surface area contributed by atoms with Gasteiger partial charge in [-0.15, -0.1) is 0 Å². The average molecular weight is 275 g/mol. The van der Waals surface area contributed by atoms with Gasteiger partial charge >= 0.3 is 0 Å². The summed E-state index contributed by atoms with van der Waals surface area (Å²) in [6.45, 7) is 0. The summed E-state index contributed by atoms with van der Waals surface area (Å²) < 4.78 is 27.3. The van der Waals surface area contributed by atoms with E-state index in [9.17, 15) is 13.9 Å². The van der Waals surface area contributed by atoms with Crippen molar-refractivity contribution in [1.82, 2.24) is 4.98 Å². The number of aromatic nitrogens is 1. The number of nitrogens with zero attached hydrogens (tertiary/aromatic N) is 1. The first-order chi connectivity index (χ1) is 9.66. The van der Waals surface area contributed by atoms with Crippen LogP contribution >= 0.6 is 0 Å². The van der Waals surface area contributed by atoms with E-state index in [1.165, 1.54) is 6.07 Å². The third kappa shape index (κ3) is 2.31. The van der Waals surface area contributed by atoms with E-state index in [1.807, 2.05) is 6.07 Å². The summed E-state index contributed by atoms with van der Waals surface area (Å²) in [5.41, 5.74) is 1.95. The number of aliphatic hydroxyl groups excluding tert-OH is 1. The SMILES string of the molecule is O[C@H]1CC[C@@H](c2cccc(F)c2F)Cc2cccnc21. The Morgan fingerprint density at radius 2 is 1.95 bits per heavy atom. The number of hydrogen-bond acceptors (Lipinski definition) is 2. The molecule has 20 heavy (non-hydrogen) atoms. The lowest BCUT2D eigenvalue weighted by atomic mass is 9.90. The summed E-state index contributed by atoms with van der Waals surface area (Å²) in [5, 5.41) is 10.1. The van der Waals surface area contributed by atoms with Gasteiger partial charge < -0.3 is 5.11 Å². The fourth-order valence-corrected chi connectivity index (χ4v) is 2.89. The molecule has 104 valence electrons. The average Bonchev–Trinajstić information content (AvgIpc) is 2.62. The molecular formula is C16H15F2NO. The van der Waals surface area contributed by atoms with Crippen molar-refractivity contribution >= 4 is 0 Å². The van der Waals surface area contributed by atoms with Gasteiger partial charge in [0.1, 0.15) is 0 Å². The summed E-state index contributed by atoms with van der Waals surface area (Å²) in [7, 11) is 0. The molecular weight excluding hydrogens is 260 g/mol. The normalized spacial score (nSPS) is 22.1. The molecule has 2 atom stereocenters. The lowest BCUT2D eigenvalue weighted by Crippen LogP contribution is -2.06. The van der Waals surface area contributed by atoms with Crippen molar-refractivity contribution in [3.63, 3.8) is 0 Å². The molecule has 3 rings (SSSR count). The second-order valence-electron chi connectivity index (χ2n) is 5.19. The fraction of sp³-hybridized carbons (Fsp3) is 0.312. The lowest BCUT2D eigenvalue weighted by Gasteiger charge is -2.16. The number of hydrogen-bond donors (Lipinski definition) is 1. The first kappa shape index (κ1) is 13.2. The minimum absolute atomic E-state index is 0.134. The summed E-state index contributed by atoms with van der Waals surface area (Å²) in [6, 6.07) is 7.97. The minimum atomic E-state index is -0.821. The van der Waals surface area contributed by atoms with Gasteiger partial charge in [-0.25, -0.2) is 8.78 Å². The quantitative estimate of drug-likeness (QED) is 0.808. The van der Waals surface area contributed by atoms with Crippen LogP contribution in [0, 0.1) is 11.6 Å². The van der Waals surface area contributed by atoms with Crippen LogP contribution in [-0.2, 0) is 6.42 Å². The summed E-state index contributed by atoms with van der Waals surface area (Å²) in [6.07, 6.45) is 2.70. The van der Waals surface area contributed by atoms with Crippen LogP contribution in [0.5, 0.6) is 0 Å². The zero-order valence-corrected chi connectivity index (χ0v) is 10.9. The Bertz CT molecular complexity index is 630. The van der Waals surface area contributed by atoms with E-state index in [0.29, 0.717) is 30.5 Å². The number of rotatable bonds is 1. The maximum atomic E-state index is 13.9. The van der Waals surface area contributed by atoms with Gasteiger partial charge in [0, 0.05) is 6.20 Å². The second-order valence-corrected chi connectivity index (χ2v) is 5.19. The number of fused-ring (bicyclic) bond motifs is 1. The molecule has 2 aromatic rings. The Morgan fingerprint density at radius 1 is 1.10 bits per heavy atom. The number of benzene rings is 1. The molecule has 1 aliphatic carbocycles. The molecule has 1 N–H and O–H groups in total. The van der Waals surface area contributed by atoms with Crippen LogP contribution in [0.3, 0.4) is 0 Å². The molecule has 4 heteroatoms. The minimum Gasteiger partial charge on any atom is -0.387 e. The molecule has 0 aliphatic heterocycles. The van der Waals surface area contributed by atoms with Crippen LogP contribution in [0.1, 0.15) is 41.7 Å². The molecule has 1 aromatic carbocycles. The van der Waals surface area contributed by atoms with Gasteiger partial charge in [-0.3, -0.25) is 4.98 Å². The van der Waals surface area contributed by atoms with Gasteiger partial charge in [0.25, 0.3) is 0 Å². The molecule has 0 spiro atoms. The molecule has 1 aromatic heterocycles. The number of aliphatic hydroxyl groups is 1. The fourth-order valence-electron chi connectivity index (χ4n) is 2.89. The van der Waals surface area contributed by atoms with Crippen LogP contribution in [0.4, 0.5) is 8.78 Å². The van der Waals surface area contributed by atoms with Crippen LogP contribution in [0.25, 0.3) is 0 Å². The van der Waals surface area contributed by atoms with Gasteiger partial charge in [-0.05, 0) is 48.4 Å². The molecule has 1 aliphatic rings. The predicted octanol–water partition coefficient (Wildman–Crippen LogP) is 3.51. The Labute approximate surface area is 116 Å². The zero-order chi connectivity index (χ0) is 14.1. The van der Waals surface area contributed by atoms with Gasteiger partial charge in [0.05, 0.1) is 11.8 Å². The maximum Gasteiger partial charge on any atom is 0.162 e. The van der Waals surface area contributed by atoms with Gasteiger partial charge in [-0.1, -0.05) is 18.2 Å². The van der Waals surface area contributed by atoms with Crippen LogP contribution in [-0.4, -0.2) is 10.1 Å². The van der Waals surface area contributed by atoms with E-state index in [1.54, 1.807) is 18.3 Å². The number of pyridine rings is 1. The monoisotopic (exact) mass is 275 g/mol. The molecule has 0 unspecified atom stereocenters. The predicted molar refractivity (Wildman–Crippen MR) is 71.2 cm³/mol. The van der Waals surface area contributed by atoms with E-state index >= 15 is 0 Å². The first-order valence-electron chi connectivity index (χ1n) is 6.72. The largest absolute Gasteiger partial charge is 0.387 e. The summed E-state index contributed by atoms with van der Waals surface area (Å²) in [4.78, 5) is 4.21. The van der Waals surface area contributed by atoms with Crippen molar-refractivity contribution in [3.05, 3.63) is 65.0 Å². The van der Waals surface area contributed by atoms with E-state index in [2.05, 4.69) is 4.98 Å². The molecule has 2 nitrogen and oxygen atoms in total. The Balaban J connectivity index is 1.99. The Morgan fingerprint density at radius 3 is 2.80 bits per heavy atom. The van der Waals surface area contributed by atoms with Crippen LogP contribution < -0.4 is 0 Å². The standard InChI is InChI=1S/C16H15F2NO/c17-13-5-1-4-12(15(13)18)10-6-7-14(20)16-11(9-10)3-2-8-19-16/h1-5,8,10,14,20H,6-7,9H2/t10-,14+/m1/s1. The highest BCUT2D eigenvalue weighted by molar-refractivity contribution is 5.30. The second kappa shape index (κ2) is 5.29. The van der Waals surface area contributed by atoms with Gasteiger partial charge in [0.2, 0.25) is 0 Å². The Kier molecular flexibility index (Phi) is 3.49. The van der Waals surface area contributed by atoms with Crippen molar-refractivity contribution in [2.45, 2.75) is 31.3 Å². The maximum absolute atomic E-state index is 13.9. The van der Waals surface area contributed by atoms with Crippen molar-refractivity contribution in [3.8, 4) is 0 Å². The highest BCUT2D eigenvalue weighted by Gasteiger charge is 2.26. The lowest BCUT2D eigenvalue weighted by molar-refractivity contribution is 0.160. The molecule has 1 heterocycles. The van der Waals surface area contributed by atoms with Crippen molar-refractivity contribution in [1.29, 1.82) is 0 Å². The van der Waals surface area contributed by atoms with Gasteiger partial charge in [-0.2, -0.15) is 0 Å². The van der Waals surface area contributed by atoms with Crippen molar-refractivity contribution in [2.24, 2.45) is 0 Å². The molecule has 0 saturated heterocycles. The molecule has 0 amide bonds.